The van der Waals surface area contributed by atoms with Crippen molar-refractivity contribution in [2.45, 2.75) is 26.9 Å². The number of carbonyl (C=O) groups is 1. The fraction of sp³-hybridized carbons (Fsp3) is 0.217. The van der Waals surface area contributed by atoms with Gasteiger partial charge >= 0.3 is 0 Å². The predicted molar refractivity (Wildman–Crippen MR) is 115 cm³/mol. The first-order valence-electron chi connectivity index (χ1n) is 9.40. The van der Waals surface area contributed by atoms with Crippen molar-refractivity contribution >= 4 is 23.2 Å². The van der Waals surface area contributed by atoms with Gasteiger partial charge in [-0.3, -0.25) is 9.78 Å². The van der Waals surface area contributed by atoms with Crippen LogP contribution in [0.1, 0.15) is 41.7 Å². The van der Waals surface area contributed by atoms with Crippen molar-refractivity contribution in [1.82, 2.24) is 4.98 Å². The molecule has 1 aromatic heterocycles. The lowest BCUT2D eigenvalue weighted by Gasteiger charge is -2.13. The Labute approximate surface area is 175 Å². The molecule has 1 amide bonds. The molecule has 1 N–H and O–H groups in total. The number of pyridine rings is 1. The maximum Gasteiger partial charge on any atom is 0.257 e. The number of benzene rings is 2. The van der Waals surface area contributed by atoms with E-state index < -0.39 is 0 Å². The van der Waals surface area contributed by atoms with Crippen LogP contribution >= 0.6 is 11.6 Å². The van der Waals surface area contributed by atoms with Gasteiger partial charge in [0.15, 0.2) is 0 Å². The van der Waals surface area contributed by atoms with E-state index in [0.29, 0.717) is 40.1 Å². The lowest BCUT2D eigenvalue weighted by Crippen LogP contribution is -2.15. The summed E-state index contributed by atoms with van der Waals surface area (Å²) in [6.07, 6.45) is -0.107. The number of ether oxygens (including phenoxy) is 2. The molecular formula is C23H23ClN2O3. The van der Waals surface area contributed by atoms with Crippen molar-refractivity contribution in [3.8, 4) is 11.5 Å². The van der Waals surface area contributed by atoms with Crippen LogP contribution in [0, 0.1) is 6.92 Å². The third kappa shape index (κ3) is 5.56. The number of aromatic nitrogens is 1. The van der Waals surface area contributed by atoms with Gasteiger partial charge in [0.05, 0.1) is 23.1 Å². The number of aryl methyl sites for hydroxylation is 1. The van der Waals surface area contributed by atoms with Gasteiger partial charge in [-0.15, -0.1) is 0 Å². The predicted octanol–water partition coefficient (Wildman–Crippen LogP) is 6.19. The van der Waals surface area contributed by atoms with Gasteiger partial charge in [-0.1, -0.05) is 11.6 Å². The Morgan fingerprint density at radius 3 is 2.24 bits per heavy atom. The SMILES string of the molecule is CCOC(C)c1ccc(C(=O)Nc2ccc(Oc3ccc(Cl)cc3)cc2)c(C)n1. The highest BCUT2D eigenvalue weighted by Gasteiger charge is 2.14. The Morgan fingerprint density at radius 2 is 1.66 bits per heavy atom. The van der Waals surface area contributed by atoms with Crippen LogP contribution in [-0.2, 0) is 4.74 Å². The van der Waals surface area contributed by atoms with Crippen LogP contribution < -0.4 is 10.1 Å². The zero-order chi connectivity index (χ0) is 20.8. The summed E-state index contributed by atoms with van der Waals surface area (Å²) >= 11 is 5.88. The minimum Gasteiger partial charge on any atom is -0.457 e. The average molecular weight is 411 g/mol. The van der Waals surface area contributed by atoms with Gasteiger partial charge in [0.25, 0.3) is 5.91 Å². The Balaban J connectivity index is 1.65. The molecule has 0 saturated heterocycles. The van der Waals surface area contributed by atoms with Gasteiger partial charge in [-0.2, -0.15) is 0 Å². The number of nitrogens with one attached hydrogen (secondary N) is 1. The number of rotatable bonds is 7. The summed E-state index contributed by atoms with van der Waals surface area (Å²) in [4.78, 5) is 17.1. The zero-order valence-electron chi connectivity index (χ0n) is 16.6. The number of nitrogens with zero attached hydrogens (tertiary/aromatic N) is 1. The molecule has 2 aromatic carbocycles. The molecule has 150 valence electrons. The van der Waals surface area contributed by atoms with Gasteiger partial charge in [-0.05, 0) is 81.4 Å². The van der Waals surface area contributed by atoms with E-state index in [9.17, 15) is 4.79 Å². The number of hydrogen-bond acceptors (Lipinski definition) is 4. The topological polar surface area (TPSA) is 60.5 Å². The van der Waals surface area contributed by atoms with Crippen LogP contribution in [0.2, 0.25) is 5.02 Å². The Kier molecular flexibility index (Phi) is 6.86. The molecule has 0 aliphatic rings. The third-order valence-corrected chi connectivity index (χ3v) is 4.60. The monoisotopic (exact) mass is 410 g/mol. The van der Waals surface area contributed by atoms with Crippen LogP contribution in [-0.4, -0.2) is 17.5 Å². The second-order valence-corrected chi connectivity index (χ2v) is 6.94. The molecular weight excluding hydrogens is 388 g/mol. The molecule has 0 spiro atoms. The molecule has 1 atom stereocenters. The van der Waals surface area contributed by atoms with Crippen LogP contribution in [0.15, 0.2) is 60.7 Å². The minimum absolute atomic E-state index is 0.107. The minimum atomic E-state index is -0.211. The summed E-state index contributed by atoms with van der Waals surface area (Å²) in [6.45, 7) is 6.32. The van der Waals surface area contributed by atoms with E-state index in [-0.39, 0.29) is 12.0 Å². The van der Waals surface area contributed by atoms with Crippen molar-refractivity contribution in [3.05, 3.63) is 82.6 Å². The molecule has 0 saturated carbocycles. The van der Waals surface area contributed by atoms with Crippen molar-refractivity contribution in [2.24, 2.45) is 0 Å². The van der Waals surface area contributed by atoms with Crippen molar-refractivity contribution in [1.29, 1.82) is 0 Å². The lowest BCUT2D eigenvalue weighted by molar-refractivity contribution is 0.0732. The van der Waals surface area contributed by atoms with E-state index in [1.54, 1.807) is 54.6 Å². The fourth-order valence-corrected chi connectivity index (χ4v) is 2.95. The Morgan fingerprint density at radius 1 is 1.03 bits per heavy atom. The van der Waals surface area contributed by atoms with Crippen molar-refractivity contribution < 1.29 is 14.3 Å². The summed E-state index contributed by atoms with van der Waals surface area (Å²) in [7, 11) is 0. The number of carbonyl (C=O) groups excluding carboxylic acids is 1. The summed E-state index contributed by atoms with van der Waals surface area (Å²) in [5, 5.41) is 3.54. The molecule has 3 aromatic rings. The molecule has 0 bridgehead atoms. The summed E-state index contributed by atoms with van der Waals surface area (Å²) < 4.78 is 11.3. The molecule has 0 aliphatic heterocycles. The van der Waals surface area contributed by atoms with E-state index >= 15 is 0 Å². The highest BCUT2D eigenvalue weighted by Crippen LogP contribution is 2.25. The maximum absolute atomic E-state index is 12.6. The van der Waals surface area contributed by atoms with Gasteiger partial charge in [0.1, 0.15) is 11.5 Å². The molecule has 0 radical (unpaired) electrons. The lowest BCUT2D eigenvalue weighted by atomic mass is 10.1. The summed E-state index contributed by atoms with van der Waals surface area (Å²) in [5.41, 5.74) is 2.67. The van der Waals surface area contributed by atoms with Crippen LogP contribution in [0.25, 0.3) is 0 Å². The van der Waals surface area contributed by atoms with Gasteiger partial charge < -0.3 is 14.8 Å². The smallest absolute Gasteiger partial charge is 0.257 e. The van der Waals surface area contributed by atoms with E-state index in [0.717, 1.165) is 5.69 Å². The number of hydrogen-bond donors (Lipinski definition) is 1. The molecule has 0 aliphatic carbocycles. The van der Waals surface area contributed by atoms with E-state index in [2.05, 4.69) is 10.3 Å². The fourth-order valence-electron chi connectivity index (χ4n) is 2.83. The van der Waals surface area contributed by atoms with Crippen LogP contribution in [0.5, 0.6) is 11.5 Å². The van der Waals surface area contributed by atoms with Crippen LogP contribution in [0.3, 0.4) is 0 Å². The summed E-state index contributed by atoms with van der Waals surface area (Å²) in [5.74, 6) is 1.14. The molecule has 6 heteroatoms. The number of amides is 1. The quantitative estimate of drug-likeness (QED) is 0.504. The molecule has 29 heavy (non-hydrogen) atoms. The number of anilines is 1. The second kappa shape index (κ2) is 9.54. The molecule has 1 heterocycles. The molecule has 3 rings (SSSR count). The molecule has 0 fully saturated rings. The summed E-state index contributed by atoms with van der Waals surface area (Å²) in [6, 6.07) is 17.9. The van der Waals surface area contributed by atoms with E-state index in [1.807, 2.05) is 26.8 Å². The van der Waals surface area contributed by atoms with Crippen molar-refractivity contribution in [2.75, 3.05) is 11.9 Å². The normalized spacial score (nSPS) is 11.7. The largest absolute Gasteiger partial charge is 0.457 e. The second-order valence-electron chi connectivity index (χ2n) is 6.50. The maximum atomic E-state index is 12.6. The molecule has 1 unspecified atom stereocenters. The van der Waals surface area contributed by atoms with Gasteiger partial charge in [0.2, 0.25) is 0 Å². The number of halogens is 1. The highest BCUT2D eigenvalue weighted by molar-refractivity contribution is 6.30. The first-order valence-corrected chi connectivity index (χ1v) is 9.78. The zero-order valence-corrected chi connectivity index (χ0v) is 17.4. The van der Waals surface area contributed by atoms with E-state index in [1.165, 1.54) is 0 Å². The first-order chi connectivity index (χ1) is 14.0. The highest BCUT2D eigenvalue weighted by atomic mass is 35.5. The Hall–Kier alpha value is -2.89. The van der Waals surface area contributed by atoms with Crippen LogP contribution in [0.4, 0.5) is 5.69 Å². The average Bonchev–Trinajstić information content (AvgIpc) is 2.71. The third-order valence-electron chi connectivity index (χ3n) is 4.35. The molecule has 5 nitrogen and oxygen atoms in total. The first kappa shape index (κ1) is 20.8. The van der Waals surface area contributed by atoms with Gasteiger partial charge in [0, 0.05) is 17.3 Å². The Bertz CT molecular complexity index is 972. The van der Waals surface area contributed by atoms with Gasteiger partial charge in [-0.25, -0.2) is 0 Å². The van der Waals surface area contributed by atoms with E-state index in [4.69, 9.17) is 21.1 Å². The standard InChI is InChI=1S/C23H23ClN2O3/c1-4-28-16(3)22-14-13-21(15(2)25-22)23(27)26-18-7-11-20(12-8-18)29-19-9-5-17(24)6-10-19/h5-14,16H,4H2,1-3H3,(H,26,27). The van der Waals surface area contributed by atoms with Crippen molar-refractivity contribution in [3.63, 3.8) is 0 Å².